The van der Waals surface area contributed by atoms with Gasteiger partial charge in [-0.1, -0.05) is 20.8 Å². The molecule has 5 rings (SSSR count). The normalized spacial score (nSPS) is 22.8. The molecule has 3 aliphatic rings. The molecule has 52 heavy (non-hydrogen) atoms. The van der Waals surface area contributed by atoms with Crippen molar-refractivity contribution in [3.8, 4) is 5.75 Å². The third-order valence-corrected chi connectivity index (χ3v) is 9.90. The number of nitro groups is 1. The van der Waals surface area contributed by atoms with Crippen LogP contribution < -0.4 is 16.0 Å². The average molecular weight is 721 g/mol. The second-order valence-corrected chi connectivity index (χ2v) is 15.3. The van der Waals surface area contributed by atoms with Crippen LogP contribution in [0.5, 0.6) is 5.75 Å². The smallest absolute Gasteiger partial charge is 0.322 e. The van der Waals surface area contributed by atoms with Crippen LogP contribution in [0.2, 0.25) is 0 Å². The van der Waals surface area contributed by atoms with Crippen molar-refractivity contribution >= 4 is 40.6 Å². The Morgan fingerprint density at radius 3 is 2.21 bits per heavy atom. The molecule has 0 aliphatic heterocycles. The van der Waals surface area contributed by atoms with E-state index in [9.17, 15) is 49.7 Å². The summed E-state index contributed by atoms with van der Waals surface area (Å²) in [4.78, 5) is 69.3. The predicted molar refractivity (Wildman–Crippen MR) is 190 cm³/mol. The largest absolute Gasteiger partial charge is 0.510 e. The van der Waals surface area contributed by atoms with Crippen molar-refractivity contribution in [3.63, 3.8) is 0 Å². The Labute approximate surface area is 299 Å². The summed E-state index contributed by atoms with van der Waals surface area (Å²) in [6.07, 6.45) is 0.0472. The number of carbonyl (C=O) groups is 4. The molecule has 16 heteroatoms. The number of non-ortho nitro benzene ring substituents is 1. The number of nitrogens with zero attached hydrogens (tertiary/aromatic N) is 4. The summed E-state index contributed by atoms with van der Waals surface area (Å²) >= 11 is 0. The van der Waals surface area contributed by atoms with Crippen LogP contribution in [0.3, 0.4) is 0 Å². The molecule has 3 aliphatic carbocycles. The van der Waals surface area contributed by atoms with E-state index in [1.807, 2.05) is 20.8 Å². The van der Waals surface area contributed by atoms with Gasteiger partial charge >= 0.3 is 6.03 Å². The first-order chi connectivity index (χ1) is 24.1. The van der Waals surface area contributed by atoms with E-state index in [0.29, 0.717) is 16.9 Å². The number of ketones is 2. The Morgan fingerprint density at radius 1 is 1.08 bits per heavy atom. The summed E-state index contributed by atoms with van der Waals surface area (Å²) in [6, 6.07) is 5.28. The van der Waals surface area contributed by atoms with Gasteiger partial charge in [0.2, 0.25) is 5.78 Å². The van der Waals surface area contributed by atoms with Gasteiger partial charge in [0, 0.05) is 61.2 Å². The number of likely N-dealkylation sites (N-methyl/N-ethyl adjacent to an activating group) is 1. The zero-order chi connectivity index (χ0) is 38.8. The van der Waals surface area contributed by atoms with Crippen LogP contribution in [0.15, 0.2) is 53.0 Å². The third kappa shape index (κ3) is 6.32. The molecule has 3 amide bonds. The van der Waals surface area contributed by atoms with Crippen molar-refractivity contribution in [2.45, 2.75) is 51.8 Å². The van der Waals surface area contributed by atoms with E-state index in [0.717, 1.165) is 0 Å². The Morgan fingerprint density at radius 2 is 1.69 bits per heavy atom. The number of nitrogens with one attached hydrogen (secondary N) is 1. The van der Waals surface area contributed by atoms with Gasteiger partial charge in [-0.2, -0.15) is 0 Å². The lowest BCUT2D eigenvalue weighted by atomic mass is 9.58. The molecule has 0 radical (unpaired) electrons. The van der Waals surface area contributed by atoms with Crippen LogP contribution in [0.4, 0.5) is 21.9 Å². The highest BCUT2D eigenvalue weighted by atomic mass is 16.6. The number of aliphatic hydroxyl groups is 3. The molecule has 2 aromatic carbocycles. The highest BCUT2D eigenvalue weighted by Gasteiger charge is 2.63. The number of hydrogen-bond acceptors (Lipinski definition) is 12. The Hall–Kier alpha value is -5.48. The second kappa shape index (κ2) is 13.2. The zero-order valence-corrected chi connectivity index (χ0v) is 30.1. The number of hydrogen-bond donors (Lipinski definition) is 6. The van der Waals surface area contributed by atoms with Crippen molar-refractivity contribution in [1.29, 1.82) is 0 Å². The number of nitrogens with two attached hydrogens (primary N) is 1. The molecule has 0 saturated carbocycles. The monoisotopic (exact) mass is 720 g/mol. The maximum absolute atomic E-state index is 14.5. The Balaban J connectivity index is 1.60. The number of amides is 3. The van der Waals surface area contributed by atoms with Crippen LogP contribution in [-0.2, 0) is 22.6 Å². The van der Waals surface area contributed by atoms with Gasteiger partial charge in [0.25, 0.3) is 11.6 Å². The van der Waals surface area contributed by atoms with Gasteiger partial charge in [0.05, 0.1) is 23.1 Å². The highest BCUT2D eigenvalue weighted by Crippen LogP contribution is 2.53. The van der Waals surface area contributed by atoms with Gasteiger partial charge < -0.3 is 41.3 Å². The third-order valence-electron chi connectivity index (χ3n) is 9.90. The molecule has 0 aromatic heterocycles. The molecule has 7 N–H and O–H groups in total. The molecule has 0 spiro atoms. The second-order valence-electron chi connectivity index (χ2n) is 15.3. The number of Topliss-reactive ketones (excluding diaryl/α,β-unsaturated/α-hetero) is 2. The fourth-order valence-corrected chi connectivity index (χ4v) is 7.72. The minimum absolute atomic E-state index is 0.0523. The van der Waals surface area contributed by atoms with Gasteiger partial charge in [-0.05, 0) is 62.0 Å². The van der Waals surface area contributed by atoms with E-state index in [1.54, 1.807) is 39.2 Å². The molecule has 4 atom stereocenters. The van der Waals surface area contributed by atoms with Gasteiger partial charge in [-0.15, -0.1) is 0 Å². The summed E-state index contributed by atoms with van der Waals surface area (Å²) in [6.45, 7) is 5.72. The number of aromatic hydroxyl groups is 1. The maximum Gasteiger partial charge on any atom is 0.322 e. The van der Waals surface area contributed by atoms with E-state index >= 15 is 0 Å². The zero-order valence-electron chi connectivity index (χ0n) is 30.1. The van der Waals surface area contributed by atoms with E-state index in [-0.39, 0.29) is 48.3 Å². The first-order valence-corrected chi connectivity index (χ1v) is 16.6. The molecular weight excluding hydrogens is 676 g/mol. The molecule has 278 valence electrons. The number of phenols is 1. The molecule has 0 heterocycles. The Bertz CT molecular complexity index is 1940. The van der Waals surface area contributed by atoms with E-state index in [2.05, 4.69) is 5.32 Å². The number of carbonyl (C=O) groups excluding carboxylic acids is 4. The lowest BCUT2D eigenvalue weighted by Gasteiger charge is -2.50. The molecular formula is C36H44N6O10. The number of rotatable bonds is 8. The first kappa shape index (κ1) is 37.8. The number of benzene rings is 2. The first-order valence-electron chi connectivity index (χ1n) is 16.6. The molecule has 0 saturated heterocycles. The van der Waals surface area contributed by atoms with Crippen LogP contribution in [-0.4, -0.2) is 105 Å². The van der Waals surface area contributed by atoms with E-state index in [4.69, 9.17) is 5.73 Å². The van der Waals surface area contributed by atoms with Gasteiger partial charge in [0.1, 0.15) is 22.8 Å². The van der Waals surface area contributed by atoms with Crippen molar-refractivity contribution in [2.75, 3.05) is 45.0 Å². The topological polar surface area (TPSA) is 240 Å². The van der Waals surface area contributed by atoms with Crippen LogP contribution >= 0.6 is 0 Å². The van der Waals surface area contributed by atoms with Gasteiger partial charge in [0.15, 0.2) is 11.4 Å². The Kier molecular flexibility index (Phi) is 9.62. The molecule has 4 unspecified atom stereocenters. The van der Waals surface area contributed by atoms with Crippen molar-refractivity contribution < 1.29 is 44.5 Å². The summed E-state index contributed by atoms with van der Waals surface area (Å²) < 4.78 is 0. The molecule has 0 fully saturated rings. The fourth-order valence-electron chi connectivity index (χ4n) is 7.72. The molecule has 16 nitrogen and oxygen atoms in total. The predicted octanol–water partition coefficient (Wildman–Crippen LogP) is 3.18. The van der Waals surface area contributed by atoms with Crippen LogP contribution in [0.25, 0.3) is 0 Å². The standard InChI is InChI=1S/C36H44N6O10/c1-35(2,3)16-41(34(49)38-19-8-10-20(11-9-19)42(51)52)15-18-14-23(39(4)5)21-12-17-13-22-27(40(6)7)30(45)26(33(37)48)32(47)36(22,50)31(46)24(17)29(44)25(21)28(18)43/h8-11,14,17,22,27,43,45-46,50H,12-13,15-16H2,1-7H3,(H2,37,48)(H,38,49). The van der Waals surface area contributed by atoms with Gasteiger partial charge in [-0.3, -0.25) is 29.4 Å². The summed E-state index contributed by atoms with van der Waals surface area (Å²) in [7, 11) is 6.61. The summed E-state index contributed by atoms with van der Waals surface area (Å²) in [5, 5.41) is 60.3. The number of allylic oxidation sites excluding steroid dienone is 1. The minimum atomic E-state index is -2.78. The number of primary amides is 1. The number of nitro benzene ring substituents is 1. The van der Waals surface area contributed by atoms with Crippen molar-refractivity contribution in [3.05, 3.63) is 79.8 Å². The summed E-state index contributed by atoms with van der Waals surface area (Å²) in [5.74, 6) is -7.47. The molecule has 2 aromatic rings. The average Bonchev–Trinajstić information content (AvgIpc) is 3.02. The lowest BCUT2D eigenvalue weighted by molar-refractivity contribution is -0.384. The fraction of sp³-hybridized carbons (Fsp3) is 0.444. The summed E-state index contributed by atoms with van der Waals surface area (Å²) in [5.41, 5.74) is 2.20. The SMILES string of the molecule is CN(C)c1cc(CN(CC(C)(C)C)C(=O)Nc2ccc([N+](=O)[O-])cc2)c(O)c2c1CC1CC3C(N(C)C)C(O)=C(C(N)=O)C(=O)C3(O)C(O)=C1C2=O. The van der Waals surface area contributed by atoms with E-state index < -0.39 is 80.2 Å². The maximum atomic E-state index is 14.5. The number of aliphatic hydroxyl groups excluding tert-OH is 2. The number of anilines is 2. The molecule has 0 bridgehead atoms. The van der Waals surface area contributed by atoms with Crippen molar-refractivity contribution in [2.24, 2.45) is 23.0 Å². The van der Waals surface area contributed by atoms with Crippen molar-refractivity contribution in [1.82, 2.24) is 9.80 Å². The number of urea groups is 1. The number of phenolic OH excluding ortho intramolecular Hbond substituents is 1. The number of fused-ring (bicyclic) bond motifs is 3. The van der Waals surface area contributed by atoms with E-state index in [1.165, 1.54) is 34.1 Å². The van der Waals surface area contributed by atoms with Crippen LogP contribution in [0, 0.1) is 27.4 Å². The minimum Gasteiger partial charge on any atom is -0.510 e. The lowest BCUT2D eigenvalue weighted by Crippen LogP contribution is -2.63. The highest BCUT2D eigenvalue weighted by molar-refractivity contribution is 6.25. The van der Waals surface area contributed by atoms with Gasteiger partial charge in [-0.25, -0.2) is 4.79 Å². The quantitative estimate of drug-likeness (QED) is 0.131. The van der Waals surface area contributed by atoms with Crippen LogP contribution in [0.1, 0.15) is 48.7 Å².